The van der Waals surface area contributed by atoms with Crippen molar-refractivity contribution in [2.24, 2.45) is 0 Å². The second-order valence-electron chi connectivity index (χ2n) is 2.32. The molecule has 0 unspecified atom stereocenters. The van der Waals surface area contributed by atoms with Gasteiger partial charge in [0.25, 0.3) is 0 Å². The predicted octanol–water partition coefficient (Wildman–Crippen LogP) is 3.26. The highest BCUT2D eigenvalue weighted by molar-refractivity contribution is 7.18. The maximum absolute atomic E-state index is 5.91. The number of benzene rings is 1. The minimum absolute atomic E-state index is 0.742. The fraction of sp³-hybridized carbons (Fsp3) is 0.125. The van der Waals surface area contributed by atoms with Crippen molar-refractivity contribution < 1.29 is 0 Å². The van der Waals surface area contributed by atoms with Gasteiger partial charge in [-0.05, 0) is 19.1 Å². The molecule has 0 saturated carbocycles. The van der Waals surface area contributed by atoms with Gasteiger partial charge in [-0.1, -0.05) is 17.7 Å². The first-order chi connectivity index (χ1) is 5.27. The van der Waals surface area contributed by atoms with Crippen molar-refractivity contribution in [1.82, 2.24) is 4.98 Å². The SMILES string of the molecule is Cc1nc2c(Cl)cccc2s1. The molecule has 0 amide bonds. The Labute approximate surface area is 73.6 Å². The highest BCUT2D eigenvalue weighted by Crippen LogP contribution is 2.26. The lowest BCUT2D eigenvalue weighted by atomic mass is 10.3. The Morgan fingerprint density at radius 3 is 3.00 bits per heavy atom. The van der Waals surface area contributed by atoms with Crippen molar-refractivity contribution in [2.45, 2.75) is 6.92 Å². The number of aromatic nitrogens is 1. The molecular weight excluding hydrogens is 178 g/mol. The van der Waals surface area contributed by atoms with Crippen LogP contribution in [-0.2, 0) is 0 Å². The number of aryl methyl sites for hydroxylation is 1. The van der Waals surface area contributed by atoms with Crippen LogP contribution in [0.3, 0.4) is 0 Å². The summed E-state index contributed by atoms with van der Waals surface area (Å²) in [5, 5.41) is 1.81. The monoisotopic (exact) mass is 183 g/mol. The number of thiazole rings is 1. The maximum atomic E-state index is 5.91. The molecule has 0 radical (unpaired) electrons. The van der Waals surface area contributed by atoms with Crippen LogP contribution in [0.2, 0.25) is 5.02 Å². The van der Waals surface area contributed by atoms with Crippen molar-refractivity contribution >= 4 is 33.2 Å². The summed E-state index contributed by atoms with van der Waals surface area (Å²) in [6.45, 7) is 1.99. The molecule has 0 N–H and O–H groups in total. The van der Waals surface area contributed by atoms with Gasteiger partial charge < -0.3 is 0 Å². The van der Waals surface area contributed by atoms with Crippen LogP contribution in [0, 0.1) is 6.92 Å². The number of nitrogens with zero attached hydrogens (tertiary/aromatic N) is 1. The first-order valence-electron chi connectivity index (χ1n) is 3.29. The van der Waals surface area contributed by atoms with Gasteiger partial charge >= 0.3 is 0 Å². The predicted molar refractivity (Wildman–Crippen MR) is 49.4 cm³/mol. The van der Waals surface area contributed by atoms with E-state index in [0.29, 0.717) is 0 Å². The Bertz CT molecular complexity index is 394. The normalized spacial score (nSPS) is 10.7. The van der Waals surface area contributed by atoms with Crippen molar-refractivity contribution in [1.29, 1.82) is 0 Å². The van der Waals surface area contributed by atoms with E-state index in [0.717, 1.165) is 20.2 Å². The van der Waals surface area contributed by atoms with E-state index in [1.807, 2.05) is 25.1 Å². The van der Waals surface area contributed by atoms with Crippen LogP contribution in [0.25, 0.3) is 10.2 Å². The molecule has 0 aliphatic rings. The fourth-order valence-corrected chi connectivity index (χ4v) is 2.15. The van der Waals surface area contributed by atoms with Gasteiger partial charge in [0, 0.05) is 0 Å². The third-order valence-electron chi connectivity index (χ3n) is 1.48. The van der Waals surface area contributed by atoms with Crippen molar-refractivity contribution in [3.05, 3.63) is 28.2 Å². The molecule has 1 heterocycles. The van der Waals surface area contributed by atoms with Gasteiger partial charge in [0.15, 0.2) is 0 Å². The molecule has 0 aliphatic carbocycles. The van der Waals surface area contributed by atoms with Gasteiger partial charge in [0.05, 0.1) is 14.7 Å². The second-order valence-corrected chi connectivity index (χ2v) is 3.96. The highest BCUT2D eigenvalue weighted by atomic mass is 35.5. The minimum atomic E-state index is 0.742. The zero-order valence-electron chi connectivity index (χ0n) is 5.97. The molecule has 0 atom stereocenters. The lowest BCUT2D eigenvalue weighted by Crippen LogP contribution is -1.69. The third kappa shape index (κ3) is 1.12. The van der Waals surface area contributed by atoms with Gasteiger partial charge in [-0.25, -0.2) is 4.98 Å². The summed E-state index contributed by atoms with van der Waals surface area (Å²) < 4.78 is 1.16. The molecule has 1 aromatic carbocycles. The highest BCUT2D eigenvalue weighted by Gasteiger charge is 2.02. The Morgan fingerprint density at radius 2 is 2.27 bits per heavy atom. The average Bonchev–Trinajstić information content (AvgIpc) is 2.31. The Morgan fingerprint density at radius 1 is 1.45 bits per heavy atom. The molecule has 0 fully saturated rings. The van der Waals surface area contributed by atoms with E-state index < -0.39 is 0 Å². The summed E-state index contributed by atoms with van der Waals surface area (Å²) in [5.74, 6) is 0. The second kappa shape index (κ2) is 2.47. The van der Waals surface area contributed by atoms with Gasteiger partial charge in [-0.15, -0.1) is 11.3 Å². The van der Waals surface area contributed by atoms with Crippen LogP contribution in [0.15, 0.2) is 18.2 Å². The van der Waals surface area contributed by atoms with Gasteiger partial charge in [0.2, 0.25) is 0 Å². The average molecular weight is 184 g/mol. The van der Waals surface area contributed by atoms with Crippen LogP contribution >= 0.6 is 22.9 Å². The summed E-state index contributed by atoms with van der Waals surface area (Å²) in [6.07, 6.45) is 0. The summed E-state index contributed by atoms with van der Waals surface area (Å²) >= 11 is 7.59. The molecule has 56 valence electrons. The Balaban J connectivity index is 2.90. The Kier molecular flexibility index (Phi) is 1.59. The molecule has 0 saturated heterocycles. The van der Waals surface area contributed by atoms with Crippen molar-refractivity contribution in [3.63, 3.8) is 0 Å². The largest absolute Gasteiger partial charge is 0.240 e. The van der Waals surface area contributed by atoms with Crippen LogP contribution in [0.5, 0.6) is 0 Å². The quantitative estimate of drug-likeness (QED) is 0.611. The Hall–Kier alpha value is -0.600. The zero-order chi connectivity index (χ0) is 7.84. The number of hydrogen-bond acceptors (Lipinski definition) is 2. The lowest BCUT2D eigenvalue weighted by Gasteiger charge is -1.87. The van der Waals surface area contributed by atoms with Crippen LogP contribution in [0.1, 0.15) is 5.01 Å². The molecule has 0 bridgehead atoms. The van der Waals surface area contributed by atoms with E-state index in [1.54, 1.807) is 11.3 Å². The van der Waals surface area contributed by atoms with Crippen LogP contribution < -0.4 is 0 Å². The van der Waals surface area contributed by atoms with E-state index in [1.165, 1.54) is 0 Å². The molecule has 3 heteroatoms. The fourth-order valence-electron chi connectivity index (χ4n) is 1.03. The van der Waals surface area contributed by atoms with E-state index in [9.17, 15) is 0 Å². The third-order valence-corrected chi connectivity index (χ3v) is 2.72. The summed E-state index contributed by atoms with van der Waals surface area (Å²) in [6, 6.07) is 5.84. The van der Waals surface area contributed by atoms with E-state index in [4.69, 9.17) is 11.6 Å². The minimum Gasteiger partial charge on any atom is -0.240 e. The standard InChI is InChI=1S/C8H6ClNS/c1-5-10-8-6(9)3-2-4-7(8)11-5/h2-4H,1H3. The summed E-state index contributed by atoms with van der Waals surface area (Å²) in [7, 11) is 0. The lowest BCUT2D eigenvalue weighted by molar-refractivity contribution is 1.35. The number of halogens is 1. The first-order valence-corrected chi connectivity index (χ1v) is 4.48. The summed E-state index contributed by atoms with van der Waals surface area (Å²) in [5.41, 5.74) is 0.927. The zero-order valence-corrected chi connectivity index (χ0v) is 7.54. The first kappa shape index (κ1) is 7.07. The van der Waals surface area contributed by atoms with Crippen molar-refractivity contribution in [2.75, 3.05) is 0 Å². The number of rotatable bonds is 0. The van der Waals surface area contributed by atoms with Crippen molar-refractivity contribution in [3.8, 4) is 0 Å². The molecule has 2 aromatic rings. The smallest absolute Gasteiger partial charge is 0.100 e. The van der Waals surface area contributed by atoms with E-state index in [2.05, 4.69) is 4.98 Å². The van der Waals surface area contributed by atoms with Gasteiger partial charge in [-0.2, -0.15) is 0 Å². The maximum Gasteiger partial charge on any atom is 0.100 e. The van der Waals surface area contributed by atoms with Gasteiger partial charge in [0.1, 0.15) is 5.52 Å². The number of para-hydroxylation sites is 1. The van der Waals surface area contributed by atoms with Gasteiger partial charge in [-0.3, -0.25) is 0 Å². The van der Waals surface area contributed by atoms with E-state index >= 15 is 0 Å². The molecule has 0 spiro atoms. The topological polar surface area (TPSA) is 12.9 Å². The number of hydrogen-bond donors (Lipinski definition) is 0. The molecule has 2 rings (SSSR count). The molecular formula is C8H6ClNS. The van der Waals surface area contributed by atoms with Crippen LogP contribution in [-0.4, -0.2) is 4.98 Å². The number of fused-ring (bicyclic) bond motifs is 1. The summed E-state index contributed by atoms with van der Waals surface area (Å²) in [4.78, 5) is 4.30. The van der Waals surface area contributed by atoms with Crippen LogP contribution in [0.4, 0.5) is 0 Å². The molecule has 11 heavy (non-hydrogen) atoms. The molecule has 0 aliphatic heterocycles. The molecule has 1 aromatic heterocycles. The van der Waals surface area contributed by atoms with E-state index in [-0.39, 0.29) is 0 Å². The molecule has 1 nitrogen and oxygen atoms in total.